The lowest BCUT2D eigenvalue weighted by Crippen LogP contribution is -2.44. The summed E-state index contributed by atoms with van der Waals surface area (Å²) in [7, 11) is 0. The molecule has 0 radical (unpaired) electrons. The Morgan fingerprint density at radius 3 is 2.62 bits per heavy atom. The molecule has 0 spiro atoms. The van der Waals surface area contributed by atoms with Crippen LogP contribution in [-0.2, 0) is 4.79 Å². The van der Waals surface area contributed by atoms with Crippen LogP contribution in [0.3, 0.4) is 0 Å². The third-order valence-electron chi connectivity index (χ3n) is 3.67. The Kier molecular flexibility index (Phi) is 4.88. The standard InChI is InChI=1S/C15H22N2O3S/c1-9-6-13(11(3)21-9)10(2)16-15(20)17(8-14(18)19)7-12-4-5-12/h6,10,12H,4-5,7-8H2,1-3H3,(H,16,20)(H,18,19). The SMILES string of the molecule is Cc1cc(C(C)NC(=O)N(CC(=O)O)CC2CC2)c(C)s1. The van der Waals surface area contributed by atoms with Gasteiger partial charge in [-0.2, -0.15) is 0 Å². The molecule has 116 valence electrons. The van der Waals surface area contributed by atoms with Gasteiger partial charge in [-0.3, -0.25) is 4.79 Å². The molecule has 0 aromatic carbocycles. The summed E-state index contributed by atoms with van der Waals surface area (Å²) >= 11 is 1.71. The first kappa shape index (κ1) is 15.8. The van der Waals surface area contributed by atoms with Crippen molar-refractivity contribution < 1.29 is 14.7 Å². The Morgan fingerprint density at radius 1 is 1.48 bits per heavy atom. The summed E-state index contributed by atoms with van der Waals surface area (Å²) in [4.78, 5) is 27.0. The molecule has 1 aromatic heterocycles. The minimum absolute atomic E-state index is 0.113. The van der Waals surface area contributed by atoms with Crippen molar-refractivity contribution in [2.75, 3.05) is 13.1 Å². The zero-order chi connectivity index (χ0) is 15.6. The van der Waals surface area contributed by atoms with Gasteiger partial charge in [-0.15, -0.1) is 11.3 Å². The van der Waals surface area contributed by atoms with E-state index in [9.17, 15) is 9.59 Å². The van der Waals surface area contributed by atoms with Crippen LogP contribution in [0.5, 0.6) is 0 Å². The van der Waals surface area contributed by atoms with Crippen molar-refractivity contribution in [3.8, 4) is 0 Å². The number of rotatable bonds is 6. The van der Waals surface area contributed by atoms with Gasteiger partial charge in [0.15, 0.2) is 0 Å². The van der Waals surface area contributed by atoms with Gasteiger partial charge < -0.3 is 15.3 Å². The largest absolute Gasteiger partial charge is 0.480 e. The number of thiophene rings is 1. The maximum absolute atomic E-state index is 12.3. The molecule has 2 amide bonds. The summed E-state index contributed by atoms with van der Waals surface area (Å²) in [5, 5.41) is 11.9. The molecule has 2 N–H and O–H groups in total. The van der Waals surface area contributed by atoms with Crippen molar-refractivity contribution in [2.24, 2.45) is 5.92 Å². The van der Waals surface area contributed by atoms with Gasteiger partial charge in [-0.25, -0.2) is 4.79 Å². The molecule has 1 aliphatic carbocycles. The third kappa shape index (κ3) is 4.46. The summed E-state index contributed by atoms with van der Waals surface area (Å²) in [6.07, 6.45) is 2.17. The molecular formula is C15H22N2O3S. The molecule has 1 saturated carbocycles. The maximum atomic E-state index is 12.3. The van der Waals surface area contributed by atoms with Crippen molar-refractivity contribution in [2.45, 2.75) is 39.7 Å². The molecule has 0 aliphatic heterocycles. The molecule has 1 fully saturated rings. The summed E-state index contributed by atoms with van der Waals surface area (Å²) < 4.78 is 0. The Bertz CT molecular complexity index is 537. The topological polar surface area (TPSA) is 69.6 Å². The fourth-order valence-corrected chi connectivity index (χ4v) is 3.45. The number of carboxylic acid groups (broad SMARTS) is 1. The van der Waals surface area contributed by atoms with E-state index in [0.29, 0.717) is 12.5 Å². The van der Waals surface area contributed by atoms with Gasteiger partial charge in [0, 0.05) is 16.3 Å². The highest BCUT2D eigenvalue weighted by Crippen LogP contribution is 2.30. The minimum atomic E-state index is -0.971. The molecule has 0 bridgehead atoms. The minimum Gasteiger partial charge on any atom is -0.480 e. The monoisotopic (exact) mass is 310 g/mol. The first-order valence-corrected chi connectivity index (χ1v) is 8.02. The van der Waals surface area contributed by atoms with E-state index in [1.807, 2.05) is 20.8 Å². The summed E-state index contributed by atoms with van der Waals surface area (Å²) in [5.41, 5.74) is 1.10. The Labute approximate surface area is 129 Å². The number of hydrogen-bond donors (Lipinski definition) is 2. The first-order chi connectivity index (χ1) is 9.86. The van der Waals surface area contributed by atoms with Crippen LogP contribution in [0.15, 0.2) is 6.07 Å². The number of urea groups is 1. The molecule has 1 heterocycles. The number of aliphatic carboxylic acids is 1. The summed E-state index contributed by atoms with van der Waals surface area (Å²) in [5.74, 6) is -0.503. The van der Waals surface area contributed by atoms with Crippen LogP contribution in [0.1, 0.15) is 41.1 Å². The fraction of sp³-hybridized carbons (Fsp3) is 0.600. The van der Waals surface area contributed by atoms with Crippen LogP contribution in [0.2, 0.25) is 0 Å². The van der Waals surface area contributed by atoms with Gasteiger partial charge in [-0.1, -0.05) is 0 Å². The summed E-state index contributed by atoms with van der Waals surface area (Å²) in [6.45, 7) is 6.31. The second kappa shape index (κ2) is 6.47. The number of hydrogen-bond acceptors (Lipinski definition) is 3. The quantitative estimate of drug-likeness (QED) is 0.848. The molecule has 5 nitrogen and oxygen atoms in total. The van der Waals surface area contributed by atoms with Crippen LogP contribution in [0.4, 0.5) is 4.79 Å². The molecule has 1 aliphatic rings. The third-order valence-corrected chi connectivity index (χ3v) is 4.66. The number of carbonyl (C=O) groups excluding carboxylic acids is 1. The van der Waals surface area contributed by atoms with Crippen LogP contribution in [0.25, 0.3) is 0 Å². The smallest absolute Gasteiger partial charge is 0.323 e. The predicted molar refractivity (Wildman–Crippen MR) is 82.7 cm³/mol. The van der Waals surface area contributed by atoms with Gasteiger partial charge in [0.05, 0.1) is 6.04 Å². The highest BCUT2D eigenvalue weighted by atomic mass is 32.1. The molecule has 1 unspecified atom stereocenters. The average molecular weight is 310 g/mol. The number of nitrogens with one attached hydrogen (secondary N) is 1. The van der Waals surface area contributed by atoms with E-state index >= 15 is 0 Å². The van der Waals surface area contributed by atoms with Crippen LogP contribution >= 0.6 is 11.3 Å². The highest BCUT2D eigenvalue weighted by molar-refractivity contribution is 7.12. The normalized spacial score (nSPS) is 15.6. The number of nitrogens with zero attached hydrogens (tertiary/aromatic N) is 1. The molecular weight excluding hydrogens is 288 g/mol. The summed E-state index contributed by atoms with van der Waals surface area (Å²) in [6, 6.07) is 1.67. The zero-order valence-corrected chi connectivity index (χ0v) is 13.5. The van der Waals surface area contributed by atoms with Gasteiger partial charge >= 0.3 is 12.0 Å². The second-order valence-electron chi connectivity index (χ2n) is 5.76. The van der Waals surface area contributed by atoms with Gasteiger partial charge in [0.25, 0.3) is 0 Å². The lowest BCUT2D eigenvalue weighted by molar-refractivity contribution is -0.137. The predicted octanol–water partition coefficient (Wildman–Crippen LogP) is 2.93. The number of amides is 2. The van der Waals surface area contributed by atoms with Crippen molar-refractivity contribution in [1.82, 2.24) is 10.2 Å². The van der Waals surface area contributed by atoms with Crippen LogP contribution < -0.4 is 5.32 Å². The Balaban J connectivity index is 1.99. The molecule has 6 heteroatoms. The van der Waals surface area contributed by atoms with Crippen molar-refractivity contribution in [3.63, 3.8) is 0 Å². The van der Waals surface area contributed by atoms with E-state index in [1.54, 1.807) is 11.3 Å². The lowest BCUT2D eigenvalue weighted by Gasteiger charge is -2.24. The number of carbonyl (C=O) groups is 2. The lowest BCUT2D eigenvalue weighted by atomic mass is 10.1. The fourth-order valence-electron chi connectivity index (χ4n) is 2.43. The number of aryl methyl sites for hydroxylation is 2. The molecule has 0 saturated heterocycles. The van der Waals surface area contributed by atoms with Crippen LogP contribution in [0, 0.1) is 19.8 Å². The van der Waals surface area contributed by atoms with E-state index in [4.69, 9.17) is 5.11 Å². The van der Waals surface area contributed by atoms with Gasteiger partial charge in [0.1, 0.15) is 6.54 Å². The van der Waals surface area contributed by atoms with E-state index in [2.05, 4.69) is 11.4 Å². The molecule has 1 atom stereocenters. The molecule has 1 aromatic rings. The average Bonchev–Trinajstić information content (AvgIpc) is 3.11. The van der Waals surface area contributed by atoms with Crippen LogP contribution in [-0.4, -0.2) is 35.1 Å². The van der Waals surface area contributed by atoms with E-state index in [0.717, 1.165) is 18.4 Å². The second-order valence-corrected chi connectivity index (χ2v) is 7.22. The first-order valence-electron chi connectivity index (χ1n) is 7.21. The van der Waals surface area contributed by atoms with Crippen molar-refractivity contribution in [3.05, 3.63) is 21.4 Å². The van der Waals surface area contributed by atoms with E-state index in [-0.39, 0.29) is 18.6 Å². The Morgan fingerprint density at radius 2 is 2.14 bits per heavy atom. The van der Waals surface area contributed by atoms with Gasteiger partial charge in [-0.05, 0) is 51.2 Å². The van der Waals surface area contributed by atoms with E-state index in [1.165, 1.54) is 14.7 Å². The van der Waals surface area contributed by atoms with Gasteiger partial charge in [0.2, 0.25) is 0 Å². The zero-order valence-electron chi connectivity index (χ0n) is 12.7. The van der Waals surface area contributed by atoms with Crippen molar-refractivity contribution >= 4 is 23.3 Å². The number of carboxylic acids is 1. The van der Waals surface area contributed by atoms with E-state index < -0.39 is 5.97 Å². The molecule has 21 heavy (non-hydrogen) atoms. The maximum Gasteiger partial charge on any atom is 0.323 e. The van der Waals surface area contributed by atoms with Crippen molar-refractivity contribution in [1.29, 1.82) is 0 Å². The highest BCUT2D eigenvalue weighted by Gasteiger charge is 2.28. The Hall–Kier alpha value is -1.56. The molecule has 2 rings (SSSR count).